The van der Waals surface area contributed by atoms with Gasteiger partial charge in [0.2, 0.25) is 0 Å². The van der Waals surface area contributed by atoms with Crippen LogP contribution in [0.4, 0.5) is 0 Å². The highest BCUT2D eigenvalue weighted by atomic mass is 16.5. The smallest absolute Gasteiger partial charge is 0.305 e. The molecular formula is C54H34O2. The molecule has 7 aliphatic rings. The van der Waals surface area contributed by atoms with E-state index >= 15 is 0 Å². The number of carbonyl (C=O) groups is 1. The largest absolute Gasteiger partial charge is 0.466 e. The van der Waals surface area contributed by atoms with Crippen LogP contribution in [0.15, 0.2) is 54.6 Å². The van der Waals surface area contributed by atoms with Crippen molar-refractivity contribution in [1.29, 1.82) is 0 Å². The fourth-order valence-corrected chi connectivity index (χ4v) is 16.8. The van der Waals surface area contributed by atoms with Crippen molar-refractivity contribution in [3.8, 4) is 0 Å². The van der Waals surface area contributed by atoms with Crippen LogP contribution in [0.3, 0.4) is 0 Å². The first-order chi connectivity index (χ1) is 27.7. The Morgan fingerprint density at radius 2 is 1.41 bits per heavy atom. The minimum Gasteiger partial charge on any atom is -0.466 e. The Balaban J connectivity index is 1.07. The summed E-state index contributed by atoms with van der Waals surface area (Å²) in [7, 11) is 0. The van der Waals surface area contributed by atoms with Crippen molar-refractivity contribution in [2.24, 2.45) is 5.92 Å². The number of unbranched alkanes of at least 4 members (excludes halogenated alkanes) is 1. The summed E-state index contributed by atoms with van der Waals surface area (Å²) >= 11 is 0. The number of benzene rings is 8. The van der Waals surface area contributed by atoms with Crippen LogP contribution in [0.1, 0.15) is 101 Å². The van der Waals surface area contributed by atoms with Crippen molar-refractivity contribution in [3.05, 3.63) is 110 Å². The highest BCUT2D eigenvalue weighted by Gasteiger charge is 2.79. The maximum Gasteiger partial charge on any atom is 0.305 e. The van der Waals surface area contributed by atoms with Gasteiger partial charge in [-0.1, -0.05) is 68.0 Å². The van der Waals surface area contributed by atoms with E-state index in [1.807, 2.05) is 0 Å². The highest BCUT2D eigenvalue weighted by Crippen LogP contribution is 2.84. The quantitative estimate of drug-likeness (QED) is 0.0890. The molecule has 0 amide bonds. The van der Waals surface area contributed by atoms with Gasteiger partial charge < -0.3 is 4.74 Å². The van der Waals surface area contributed by atoms with Crippen LogP contribution in [-0.4, -0.2) is 12.6 Å². The van der Waals surface area contributed by atoms with E-state index in [0.29, 0.717) is 30.8 Å². The zero-order chi connectivity index (χ0) is 35.6. The fourth-order valence-electron chi connectivity index (χ4n) is 16.8. The van der Waals surface area contributed by atoms with Crippen LogP contribution < -0.4 is 5.22 Å². The Morgan fingerprint density at radius 3 is 2.29 bits per heavy atom. The first-order valence-corrected chi connectivity index (χ1v) is 21.7. The molecule has 11 aromatic carbocycles. The molecule has 0 aromatic heterocycles. The second kappa shape index (κ2) is 7.77. The molecule has 0 N–H and O–H groups in total. The first-order valence-electron chi connectivity index (χ1n) is 21.7. The van der Waals surface area contributed by atoms with Crippen LogP contribution in [0.5, 0.6) is 0 Å². The van der Waals surface area contributed by atoms with Crippen molar-refractivity contribution in [1.82, 2.24) is 0 Å². The molecule has 1 saturated carbocycles. The molecule has 18 rings (SSSR count). The van der Waals surface area contributed by atoms with Crippen LogP contribution in [-0.2, 0) is 39.6 Å². The summed E-state index contributed by atoms with van der Waals surface area (Å²) in [4.78, 5) is 13.2. The number of hydrogen-bond acceptors (Lipinski definition) is 2. The highest BCUT2D eigenvalue weighted by molar-refractivity contribution is 6.60. The van der Waals surface area contributed by atoms with E-state index in [1.165, 1.54) is 29.0 Å². The topological polar surface area (TPSA) is 26.3 Å². The molecule has 2 heteroatoms. The van der Waals surface area contributed by atoms with E-state index in [0.717, 1.165) is 32.1 Å². The normalized spacial score (nSPS) is 26.3. The van der Waals surface area contributed by atoms with Crippen molar-refractivity contribution < 1.29 is 9.53 Å². The molecular weight excluding hydrogens is 681 g/mol. The van der Waals surface area contributed by atoms with Crippen molar-refractivity contribution in [2.75, 3.05) is 6.61 Å². The number of carbonyl (C=O) groups excluding carboxylic acids is 1. The fraction of sp³-hybridized carbons (Fsp3) is 0.278. The molecule has 262 valence electrons. The molecule has 2 nitrogen and oxygen atoms in total. The van der Waals surface area contributed by atoms with Crippen molar-refractivity contribution in [3.63, 3.8) is 0 Å². The predicted octanol–water partition coefficient (Wildman–Crippen LogP) is 11.6. The molecule has 0 bridgehead atoms. The number of rotatable bonds is 8. The maximum atomic E-state index is 13.2. The summed E-state index contributed by atoms with van der Waals surface area (Å²) in [5.41, 5.74) is 14.3. The minimum atomic E-state index is -0.148. The second-order valence-electron chi connectivity index (χ2n) is 19.7. The summed E-state index contributed by atoms with van der Waals surface area (Å²) < 4.78 is 5.76. The summed E-state index contributed by atoms with van der Waals surface area (Å²) in [6.07, 6.45) is 10.6. The lowest BCUT2D eigenvalue weighted by Gasteiger charge is -2.30. The molecule has 11 aromatic rings. The van der Waals surface area contributed by atoms with Gasteiger partial charge in [0.1, 0.15) is 0 Å². The Kier molecular flexibility index (Phi) is 3.77. The average Bonchev–Trinajstić information content (AvgIpc) is 3.89. The molecule has 0 radical (unpaired) electrons. The van der Waals surface area contributed by atoms with Crippen LogP contribution >= 0.6 is 0 Å². The number of fused-ring (bicyclic) bond motifs is 1. The van der Waals surface area contributed by atoms with Gasteiger partial charge in [0.25, 0.3) is 0 Å². The third-order valence-electron chi connectivity index (χ3n) is 18.0. The van der Waals surface area contributed by atoms with Gasteiger partial charge in [0, 0.05) is 29.1 Å². The number of esters is 1. The summed E-state index contributed by atoms with van der Waals surface area (Å²) in [6.45, 7) is 2.69. The Hall–Kier alpha value is -5.47. The Bertz CT molecular complexity index is 3870. The lowest BCUT2D eigenvalue weighted by atomic mass is 9.72. The SMILES string of the molecule is CCCCOC(=O)CCCC1(c2ccccc2)C2c3cc4c5c6c(cc7c8c9c%10c%11c%12c%13c(cc%14cc%15c%16c(c%17c3c5c(c%10c86)c%17c%11c%16c%14%12)C21C=%15)CC(C7)C%139)C4. The van der Waals surface area contributed by atoms with E-state index in [9.17, 15) is 4.79 Å². The van der Waals surface area contributed by atoms with Gasteiger partial charge in [-0.3, -0.25) is 4.79 Å². The molecule has 1 fully saturated rings. The average molecular weight is 715 g/mol. The second-order valence-corrected chi connectivity index (χ2v) is 19.7. The third-order valence-corrected chi connectivity index (χ3v) is 18.0. The first kappa shape index (κ1) is 27.2. The monoisotopic (exact) mass is 714 g/mol. The van der Waals surface area contributed by atoms with E-state index in [2.05, 4.69) is 67.6 Å². The van der Waals surface area contributed by atoms with E-state index < -0.39 is 0 Å². The summed E-state index contributed by atoms with van der Waals surface area (Å²) in [6, 6.07) is 22.3. The summed E-state index contributed by atoms with van der Waals surface area (Å²) in [5, 5.41) is 30.5. The standard InChI is InChI=1S/C54H34O2/c1-2-3-12-56-30(55)10-7-11-53(28-8-5-4-6-9-28)52-29-19-26-17-23-15-24-14-21-13-22-16-25-18-27-20-54(52,53)51-37(27)42-36(25)41-32(22)31(21)39-35(24)40-33(23)34(26)43-38(29)50(51)49-47(42)45(41)44(39)46(40)48(43)49/h4-6,8-9,15-16,18-21,31,52H,2-3,7,10-14,17H2,1H3. The third kappa shape index (κ3) is 2.21. The zero-order valence-electron chi connectivity index (χ0n) is 31.2. The molecule has 0 heterocycles. The molecule has 5 atom stereocenters. The lowest BCUT2D eigenvalue weighted by molar-refractivity contribution is -0.143. The summed E-state index contributed by atoms with van der Waals surface area (Å²) in [5.74, 6) is 1.51. The van der Waals surface area contributed by atoms with Gasteiger partial charge in [-0.25, -0.2) is 0 Å². The Morgan fingerprint density at radius 1 is 0.679 bits per heavy atom. The van der Waals surface area contributed by atoms with E-state index in [-0.39, 0.29) is 16.8 Å². The molecule has 7 aliphatic carbocycles. The molecule has 0 saturated heterocycles. The van der Waals surface area contributed by atoms with Crippen LogP contribution in [0.2, 0.25) is 0 Å². The van der Waals surface area contributed by atoms with Crippen molar-refractivity contribution in [2.45, 2.75) is 81.0 Å². The van der Waals surface area contributed by atoms with Crippen LogP contribution in [0, 0.1) is 5.92 Å². The predicted molar refractivity (Wildman–Crippen MR) is 227 cm³/mol. The van der Waals surface area contributed by atoms with Gasteiger partial charge in [0.15, 0.2) is 0 Å². The zero-order valence-corrected chi connectivity index (χ0v) is 31.2. The number of hydrogen-bond donors (Lipinski definition) is 0. The van der Waals surface area contributed by atoms with E-state index in [1.54, 1.807) is 136 Å². The minimum absolute atomic E-state index is 0.0327. The molecule has 1 spiro atoms. The van der Waals surface area contributed by atoms with Gasteiger partial charge in [-0.05, 0) is 203 Å². The maximum absolute atomic E-state index is 13.2. The van der Waals surface area contributed by atoms with Crippen LogP contribution in [0.25, 0.3) is 103 Å². The number of ether oxygens (including phenoxy) is 1. The van der Waals surface area contributed by atoms with Gasteiger partial charge >= 0.3 is 5.97 Å². The molecule has 5 unspecified atom stereocenters. The van der Waals surface area contributed by atoms with Gasteiger partial charge in [0.05, 0.1) is 6.61 Å². The molecule has 0 aliphatic heterocycles. The van der Waals surface area contributed by atoms with Gasteiger partial charge in [-0.2, -0.15) is 0 Å². The molecule has 56 heavy (non-hydrogen) atoms. The van der Waals surface area contributed by atoms with Crippen molar-refractivity contribution >= 4 is 109 Å². The van der Waals surface area contributed by atoms with Gasteiger partial charge in [-0.15, -0.1) is 0 Å². The lowest BCUT2D eigenvalue weighted by Crippen LogP contribution is -2.20. The van der Waals surface area contributed by atoms with E-state index in [4.69, 9.17) is 4.74 Å². The Labute approximate surface area is 320 Å².